The molecule has 5 nitrogen and oxygen atoms in total. The minimum Gasteiger partial charge on any atom is -0.394 e. The van der Waals surface area contributed by atoms with E-state index in [1.54, 1.807) is 0 Å². The smallest absolute Gasteiger partial charge is 0.103 e. The van der Waals surface area contributed by atoms with Crippen LogP contribution >= 0.6 is 0 Å². The molecule has 0 aromatic rings. The molecule has 0 aliphatic heterocycles. The Balaban J connectivity index is 3.58. The van der Waals surface area contributed by atoms with Crippen molar-refractivity contribution < 1.29 is 25.5 Å². The number of hydrogen-bond acceptors (Lipinski definition) is 5. The summed E-state index contributed by atoms with van der Waals surface area (Å²) in [4.78, 5) is 0. The summed E-state index contributed by atoms with van der Waals surface area (Å²) in [5, 5.41) is 43.2. The first-order valence-corrected chi connectivity index (χ1v) is 3.37. The van der Waals surface area contributed by atoms with Gasteiger partial charge in [-0.2, -0.15) is 0 Å². The lowest BCUT2D eigenvalue weighted by molar-refractivity contribution is -0.0437. The predicted octanol–water partition coefficient (Wildman–Crippen LogP) is -2.56. The van der Waals surface area contributed by atoms with Crippen molar-refractivity contribution in [1.29, 1.82) is 0 Å². The molecule has 11 heavy (non-hydrogen) atoms. The molecule has 0 radical (unpaired) electrons. The lowest BCUT2D eigenvalue weighted by atomic mass is 10.1. The van der Waals surface area contributed by atoms with Gasteiger partial charge in [0.05, 0.1) is 25.4 Å². The van der Waals surface area contributed by atoms with Crippen LogP contribution < -0.4 is 0 Å². The van der Waals surface area contributed by atoms with Gasteiger partial charge in [0.1, 0.15) is 6.10 Å². The maximum absolute atomic E-state index is 8.94. The molecule has 0 spiro atoms. The topological polar surface area (TPSA) is 101 Å². The first-order valence-electron chi connectivity index (χ1n) is 3.37. The van der Waals surface area contributed by atoms with Gasteiger partial charge >= 0.3 is 0 Å². The maximum Gasteiger partial charge on any atom is 0.103 e. The molecule has 68 valence electrons. The molecule has 0 heterocycles. The van der Waals surface area contributed by atoms with E-state index in [1.807, 2.05) is 0 Å². The first kappa shape index (κ1) is 10.8. The standard InChI is InChI=1S/C6H14O5/c7-2-4(9)1-5(10)6(11)3-8/h4-11H,1-3H2/t4-,5+,6+/m0/s1. The Morgan fingerprint density at radius 3 is 1.73 bits per heavy atom. The molecule has 0 unspecified atom stereocenters. The molecule has 0 saturated carbocycles. The minimum absolute atomic E-state index is 0.141. The third-order valence-corrected chi connectivity index (χ3v) is 1.36. The van der Waals surface area contributed by atoms with Crippen molar-refractivity contribution in [3.05, 3.63) is 0 Å². The molecule has 0 saturated heterocycles. The monoisotopic (exact) mass is 166 g/mol. The van der Waals surface area contributed by atoms with Crippen LogP contribution in [0.15, 0.2) is 0 Å². The van der Waals surface area contributed by atoms with Crippen LogP contribution in [0.1, 0.15) is 6.42 Å². The molecule has 5 heteroatoms. The van der Waals surface area contributed by atoms with Crippen molar-refractivity contribution >= 4 is 0 Å². The number of aliphatic hydroxyl groups is 5. The highest BCUT2D eigenvalue weighted by Crippen LogP contribution is 2.02. The molecule has 0 rings (SSSR count). The second-order valence-corrected chi connectivity index (χ2v) is 2.39. The highest BCUT2D eigenvalue weighted by atomic mass is 16.4. The zero-order chi connectivity index (χ0) is 8.85. The lowest BCUT2D eigenvalue weighted by Crippen LogP contribution is -2.33. The van der Waals surface area contributed by atoms with Gasteiger partial charge in [-0.15, -0.1) is 0 Å². The van der Waals surface area contributed by atoms with Gasteiger partial charge in [0.15, 0.2) is 0 Å². The van der Waals surface area contributed by atoms with E-state index in [4.69, 9.17) is 25.5 Å². The summed E-state index contributed by atoms with van der Waals surface area (Å²) in [6.07, 6.45) is -3.64. The Labute approximate surface area is 64.5 Å². The van der Waals surface area contributed by atoms with Crippen LogP contribution in [0, 0.1) is 0 Å². The molecule has 5 N–H and O–H groups in total. The summed E-state index contributed by atoms with van der Waals surface area (Å²) >= 11 is 0. The van der Waals surface area contributed by atoms with E-state index in [0.29, 0.717) is 0 Å². The number of aliphatic hydroxyl groups excluding tert-OH is 5. The van der Waals surface area contributed by atoms with Crippen LogP contribution in [0.5, 0.6) is 0 Å². The Morgan fingerprint density at radius 1 is 0.818 bits per heavy atom. The summed E-state index contributed by atoms with van der Waals surface area (Å²) in [6, 6.07) is 0. The predicted molar refractivity (Wildman–Crippen MR) is 36.8 cm³/mol. The van der Waals surface area contributed by atoms with E-state index in [2.05, 4.69) is 0 Å². The molecule has 3 atom stereocenters. The van der Waals surface area contributed by atoms with Crippen LogP contribution in [0.4, 0.5) is 0 Å². The van der Waals surface area contributed by atoms with Crippen LogP contribution in [0.3, 0.4) is 0 Å². The van der Waals surface area contributed by atoms with Crippen molar-refractivity contribution in [3.8, 4) is 0 Å². The summed E-state index contributed by atoms with van der Waals surface area (Å²) < 4.78 is 0. The second-order valence-electron chi connectivity index (χ2n) is 2.39. The molecular weight excluding hydrogens is 152 g/mol. The lowest BCUT2D eigenvalue weighted by Gasteiger charge is -2.17. The summed E-state index contributed by atoms with van der Waals surface area (Å²) in [6.45, 7) is -1.02. The zero-order valence-corrected chi connectivity index (χ0v) is 6.09. The van der Waals surface area contributed by atoms with E-state index in [0.717, 1.165) is 0 Å². The SMILES string of the molecule is OC[C@@H](O)C[C@@H](O)[C@H](O)CO. The van der Waals surface area contributed by atoms with E-state index >= 15 is 0 Å². The minimum atomic E-state index is -1.25. The van der Waals surface area contributed by atoms with E-state index in [1.165, 1.54) is 0 Å². The van der Waals surface area contributed by atoms with Crippen LogP contribution in [-0.4, -0.2) is 57.1 Å². The molecule has 0 aliphatic rings. The van der Waals surface area contributed by atoms with Crippen LogP contribution in [-0.2, 0) is 0 Å². The van der Waals surface area contributed by atoms with Gasteiger partial charge in [-0.05, 0) is 0 Å². The summed E-state index contributed by atoms with van der Waals surface area (Å²) in [5.74, 6) is 0. The average Bonchev–Trinajstić information content (AvgIpc) is 2.02. The fourth-order valence-electron chi connectivity index (χ4n) is 0.632. The van der Waals surface area contributed by atoms with Gasteiger partial charge in [0.2, 0.25) is 0 Å². The number of hydrogen-bond donors (Lipinski definition) is 5. The van der Waals surface area contributed by atoms with Crippen molar-refractivity contribution in [2.45, 2.75) is 24.7 Å². The summed E-state index contributed by atoms with van der Waals surface area (Å²) in [7, 11) is 0. The van der Waals surface area contributed by atoms with Gasteiger partial charge in [-0.1, -0.05) is 0 Å². The molecule has 0 aromatic heterocycles. The molecule has 0 aliphatic carbocycles. The van der Waals surface area contributed by atoms with Crippen molar-refractivity contribution in [3.63, 3.8) is 0 Å². The fourth-order valence-corrected chi connectivity index (χ4v) is 0.632. The third kappa shape index (κ3) is 4.28. The highest BCUT2D eigenvalue weighted by molar-refractivity contribution is 4.69. The Bertz CT molecular complexity index is 97.0. The fraction of sp³-hybridized carbons (Fsp3) is 1.00. The quantitative estimate of drug-likeness (QED) is 0.309. The van der Waals surface area contributed by atoms with E-state index in [-0.39, 0.29) is 6.42 Å². The Morgan fingerprint density at radius 2 is 1.36 bits per heavy atom. The molecule has 0 aromatic carbocycles. The van der Waals surface area contributed by atoms with Gasteiger partial charge < -0.3 is 25.5 Å². The van der Waals surface area contributed by atoms with Crippen LogP contribution in [0.25, 0.3) is 0 Å². The average molecular weight is 166 g/mol. The van der Waals surface area contributed by atoms with Crippen molar-refractivity contribution in [2.75, 3.05) is 13.2 Å². The van der Waals surface area contributed by atoms with Gasteiger partial charge in [0, 0.05) is 6.42 Å². The highest BCUT2D eigenvalue weighted by Gasteiger charge is 2.18. The second kappa shape index (κ2) is 5.45. The number of rotatable bonds is 5. The van der Waals surface area contributed by atoms with Crippen molar-refractivity contribution in [2.24, 2.45) is 0 Å². The van der Waals surface area contributed by atoms with Gasteiger partial charge in [-0.3, -0.25) is 0 Å². The first-order chi connectivity index (χ1) is 5.11. The van der Waals surface area contributed by atoms with E-state index in [9.17, 15) is 0 Å². The molecular formula is C6H14O5. The zero-order valence-electron chi connectivity index (χ0n) is 6.09. The summed E-state index contributed by atoms with van der Waals surface area (Å²) in [5.41, 5.74) is 0. The Kier molecular flexibility index (Phi) is 5.35. The van der Waals surface area contributed by atoms with Crippen LogP contribution in [0.2, 0.25) is 0 Å². The Hall–Kier alpha value is -0.200. The van der Waals surface area contributed by atoms with Crippen molar-refractivity contribution in [1.82, 2.24) is 0 Å². The van der Waals surface area contributed by atoms with E-state index < -0.39 is 31.5 Å². The molecule has 0 fully saturated rings. The maximum atomic E-state index is 8.94. The van der Waals surface area contributed by atoms with Gasteiger partial charge in [0.25, 0.3) is 0 Å². The largest absolute Gasteiger partial charge is 0.394 e. The molecule has 0 bridgehead atoms. The third-order valence-electron chi connectivity index (χ3n) is 1.36. The molecule has 0 amide bonds. The normalized spacial score (nSPS) is 19.4. The van der Waals surface area contributed by atoms with Gasteiger partial charge in [-0.25, -0.2) is 0 Å².